The minimum Gasteiger partial charge on any atom is -0.389 e. The molecular weight excluding hydrogens is 610 g/mol. The summed E-state index contributed by atoms with van der Waals surface area (Å²) in [7, 11) is 0. The summed E-state index contributed by atoms with van der Waals surface area (Å²) in [6.45, 7) is 22.8. The van der Waals surface area contributed by atoms with Crippen LogP contribution in [0.5, 0.6) is 0 Å². The van der Waals surface area contributed by atoms with Crippen LogP contribution in [-0.4, -0.2) is 57.1 Å². The second kappa shape index (κ2) is 9.26. The monoisotopic (exact) mass is 669 g/mol. The SMILES string of the molecule is CC(C)=C[C@H]1O[C@@H]2C(OC3CC[C@@]4(C)[C@@](O)(CCC5Cc6c([nH]c7ccc8c(c67)CC6C(C8)C(C)(C)OC6(C)C)[C@@]54C)[C@]34C[C@H]24)C(C)(C)O1. The summed E-state index contributed by atoms with van der Waals surface area (Å²) in [4.78, 5) is 4.09. The van der Waals surface area contributed by atoms with E-state index in [9.17, 15) is 5.11 Å². The molecule has 5 unspecified atom stereocenters. The van der Waals surface area contributed by atoms with E-state index in [0.717, 1.165) is 51.4 Å². The molecule has 3 aliphatic heterocycles. The predicted octanol–water partition coefficient (Wildman–Crippen LogP) is 8.10. The smallest absolute Gasteiger partial charge is 0.178 e. The Hall–Kier alpha value is -1.70. The van der Waals surface area contributed by atoms with Gasteiger partial charge in [0, 0.05) is 32.8 Å². The van der Waals surface area contributed by atoms with Crippen LogP contribution in [0.1, 0.15) is 124 Å². The van der Waals surface area contributed by atoms with Crippen LogP contribution in [0.15, 0.2) is 23.8 Å². The van der Waals surface area contributed by atoms with Crippen LogP contribution >= 0.6 is 0 Å². The zero-order valence-corrected chi connectivity index (χ0v) is 31.6. The Balaban J connectivity index is 1.05. The molecule has 8 aliphatic rings. The molecule has 266 valence electrons. The van der Waals surface area contributed by atoms with Crippen molar-refractivity contribution >= 4 is 10.9 Å². The number of allylic oxidation sites excluding steroid dienone is 1. The van der Waals surface area contributed by atoms with Gasteiger partial charge >= 0.3 is 0 Å². The minimum absolute atomic E-state index is 0.0354. The van der Waals surface area contributed by atoms with Gasteiger partial charge in [0.25, 0.3) is 0 Å². The molecule has 4 heterocycles. The van der Waals surface area contributed by atoms with E-state index in [-0.39, 0.29) is 58.0 Å². The standard InChI is InChI=1S/C43H59NO5/c1-22(2)17-32-47-34-29-21-42(29)31(46-36(34)39(7,8)48-32)14-15-40(9)41(10)24(13-16-43(40,42)45)19-26-33-25-20-28-27(37(3,4)49-38(28,5)6)18-23(25)11-12-30(33)44-35(26)41/h11-12,17,24,27-29,31-32,34,36,44-45H,13-16,18-21H2,1-10H3/t24?,27?,28?,29-,31?,32+,34+,36?,40-,41-,42+,43+/m1/s1. The van der Waals surface area contributed by atoms with E-state index >= 15 is 0 Å². The molecule has 0 amide bonds. The molecule has 2 N–H and O–H groups in total. The molecule has 1 aromatic carbocycles. The number of aliphatic hydroxyl groups is 1. The molecule has 1 aromatic heterocycles. The fourth-order valence-corrected chi connectivity index (χ4v) is 14.4. The first-order valence-corrected chi connectivity index (χ1v) is 19.6. The highest BCUT2D eigenvalue weighted by Crippen LogP contribution is 2.81. The number of aromatic nitrogens is 1. The van der Waals surface area contributed by atoms with Gasteiger partial charge in [-0.3, -0.25) is 0 Å². The Morgan fingerprint density at radius 1 is 0.837 bits per heavy atom. The van der Waals surface area contributed by atoms with Crippen LogP contribution in [0, 0.1) is 34.5 Å². The number of aromatic amines is 1. The largest absolute Gasteiger partial charge is 0.389 e. The van der Waals surface area contributed by atoms with Crippen LogP contribution in [0.3, 0.4) is 0 Å². The Morgan fingerprint density at radius 3 is 2.31 bits per heavy atom. The highest BCUT2D eigenvalue weighted by atomic mass is 16.7. The summed E-state index contributed by atoms with van der Waals surface area (Å²) in [5.74, 6) is 1.85. The van der Waals surface area contributed by atoms with Crippen molar-refractivity contribution in [2.45, 2.75) is 173 Å². The number of hydrogen-bond donors (Lipinski definition) is 2. The minimum atomic E-state index is -0.829. The van der Waals surface area contributed by atoms with E-state index in [4.69, 9.17) is 18.9 Å². The van der Waals surface area contributed by atoms with E-state index in [1.54, 1.807) is 11.1 Å². The third-order valence-corrected chi connectivity index (χ3v) is 16.8. The lowest BCUT2D eigenvalue weighted by Gasteiger charge is -2.68. The molecule has 5 aliphatic carbocycles. The molecule has 1 spiro atoms. The van der Waals surface area contributed by atoms with E-state index in [1.807, 2.05) is 0 Å². The highest BCUT2D eigenvalue weighted by Gasteiger charge is 2.85. The first-order chi connectivity index (χ1) is 22.9. The molecule has 10 rings (SSSR count). The first-order valence-electron chi connectivity index (χ1n) is 19.6. The number of H-pyrrole nitrogens is 1. The quantitative estimate of drug-likeness (QED) is 0.300. The van der Waals surface area contributed by atoms with Gasteiger partial charge in [-0.2, -0.15) is 0 Å². The van der Waals surface area contributed by atoms with Crippen LogP contribution in [0.4, 0.5) is 0 Å². The summed E-state index contributed by atoms with van der Waals surface area (Å²) < 4.78 is 27.1. The molecule has 0 radical (unpaired) electrons. The maximum absolute atomic E-state index is 13.6. The summed E-state index contributed by atoms with van der Waals surface area (Å²) in [6.07, 6.45) is 9.65. The predicted molar refractivity (Wildman–Crippen MR) is 190 cm³/mol. The van der Waals surface area contributed by atoms with Crippen molar-refractivity contribution in [3.05, 3.63) is 46.2 Å². The molecule has 3 saturated carbocycles. The number of nitrogens with one attached hydrogen (secondary N) is 1. The van der Waals surface area contributed by atoms with Gasteiger partial charge in [0.15, 0.2) is 6.29 Å². The number of hydrogen-bond acceptors (Lipinski definition) is 5. The third kappa shape index (κ3) is 3.63. The van der Waals surface area contributed by atoms with Crippen LogP contribution in [-0.2, 0) is 43.6 Å². The topological polar surface area (TPSA) is 72.9 Å². The molecule has 3 saturated heterocycles. The lowest BCUT2D eigenvalue weighted by molar-refractivity contribution is -0.361. The van der Waals surface area contributed by atoms with Crippen molar-refractivity contribution in [3.63, 3.8) is 0 Å². The Morgan fingerprint density at radius 2 is 1.57 bits per heavy atom. The van der Waals surface area contributed by atoms with E-state index in [1.165, 1.54) is 27.7 Å². The molecule has 6 heteroatoms. The van der Waals surface area contributed by atoms with Gasteiger partial charge in [-0.15, -0.1) is 0 Å². The van der Waals surface area contributed by atoms with E-state index in [2.05, 4.69) is 92.4 Å². The second-order valence-corrected chi connectivity index (χ2v) is 20.2. The van der Waals surface area contributed by atoms with Crippen molar-refractivity contribution in [3.8, 4) is 0 Å². The number of fused-ring (bicyclic) bond motifs is 12. The Labute approximate surface area is 293 Å². The van der Waals surface area contributed by atoms with Gasteiger partial charge in [-0.1, -0.05) is 25.5 Å². The second-order valence-electron chi connectivity index (χ2n) is 20.2. The zero-order chi connectivity index (χ0) is 34.5. The number of benzene rings is 1. The van der Waals surface area contributed by atoms with Gasteiger partial charge in [0.1, 0.15) is 6.10 Å². The first kappa shape index (κ1) is 32.0. The van der Waals surface area contributed by atoms with Crippen molar-refractivity contribution in [1.29, 1.82) is 0 Å². The molecule has 0 bridgehead atoms. The normalized spacial score (nSPS) is 49.0. The molecule has 6 nitrogen and oxygen atoms in total. The average Bonchev–Trinajstić information content (AvgIpc) is 3.51. The van der Waals surface area contributed by atoms with Crippen molar-refractivity contribution in [2.24, 2.45) is 34.5 Å². The van der Waals surface area contributed by atoms with E-state index in [0.29, 0.717) is 17.8 Å². The molecule has 2 aromatic rings. The number of rotatable bonds is 1. The van der Waals surface area contributed by atoms with Gasteiger partial charge < -0.3 is 29.0 Å². The zero-order valence-electron chi connectivity index (χ0n) is 31.6. The number of ether oxygens (including phenoxy) is 4. The highest BCUT2D eigenvalue weighted by molar-refractivity contribution is 5.90. The maximum Gasteiger partial charge on any atom is 0.178 e. The fourth-order valence-electron chi connectivity index (χ4n) is 14.4. The van der Waals surface area contributed by atoms with Crippen molar-refractivity contribution < 1.29 is 24.1 Å². The summed E-state index contributed by atoms with van der Waals surface area (Å²) >= 11 is 0. The Bertz CT molecular complexity index is 1820. The molecule has 12 atom stereocenters. The summed E-state index contributed by atoms with van der Waals surface area (Å²) in [5, 5.41) is 15.1. The molecular formula is C43H59NO5. The third-order valence-electron chi connectivity index (χ3n) is 16.8. The van der Waals surface area contributed by atoms with Crippen LogP contribution < -0.4 is 0 Å². The van der Waals surface area contributed by atoms with Crippen LogP contribution in [0.25, 0.3) is 10.9 Å². The van der Waals surface area contributed by atoms with E-state index < -0.39 is 11.2 Å². The Kier molecular flexibility index (Phi) is 6.04. The molecule has 6 fully saturated rings. The van der Waals surface area contributed by atoms with Gasteiger partial charge in [0.2, 0.25) is 0 Å². The summed E-state index contributed by atoms with van der Waals surface area (Å²) in [5.41, 5.74) is 6.29. The lowest BCUT2D eigenvalue weighted by atomic mass is 9.40. The van der Waals surface area contributed by atoms with Crippen molar-refractivity contribution in [1.82, 2.24) is 4.98 Å². The van der Waals surface area contributed by atoms with Crippen LogP contribution in [0.2, 0.25) is 0 Å². The average molecular weight is 670 g/mol. The van der Waals surface area contributed by atoms with Gasteiger partial charge in [-0.05, 0) is 159 Å². The van der Waals surface area contributed by atoms with Crippen molar-refractivity contribution in [2.75, 3.05) is 0 Å². The summed E-state index contributed by atoms with van der Waals surface area (Å²) in [6, 6.07) is 4.78. The lowest BCUT2D eigenvalue weighted by Crippen LogP contribution is -2.74. The maximum atomic E-state index is 13.6. The van der Waals surface area contributed by atoms with Gasteiger partial charge in [0.05, 0.1) is 34.6 Å². The fraction of sp³-hybridized carbons (Fsp3) is 0.767. The van der Waals surface area contributed by atoms with Gasteiger partial charge in [-0.25, -0.2) is 0 Å². The molecule has 49 heavy (non-hydrogen) atoms.